The lowest BCUT2D eigenvalue weighted by Gasteiger charge is -1.79. The van der Waals surface area contributed by atoms with Gasteiger partial charge in [0.05, 0.1) is 0 Å². The van der Waals surface area contributed by atoms with Crippen LogP contribution in [0.2, 0.25) is 0 Å². The molecule has 0 radical (unpaired) electrons. The van der Waals surface area contributed by atoms with Crippen molar-refractivity contribution < 1.29 is 0 Å². The Kier molecular flexibility index (Phi) is 1.66. The van der Waals surface area contributed by atoms with Crippen molar-refractivity contribution in [3.8, 4) is 0 Å². The molecule has 1 aliphatic carbocycles. The highest BCUT2D eigenvalue weighted by atomic mass is 14.8. The topological polar surface area (TPSA) is 12.4 Å². The maximum atomic E-state index is 4.31. The fourth-order valence-electron chi connectivity index (χ4n) is 0.970. The summed E-state index contributed by atoms with van der Waals surface area (Å²) in [6.07, 6.45) is 2.57. The Balaban J connectivity index is 2.25. The number of nitrogens with zero attached hydrogens (tertiary/aromatic N) is 1. The lowest BCUT2D eigenvalue weighted by Crippen LogP contribution is -1.76. The average Bonchev–Trinajstić information content (AvgIpc) is 2.48. The van der Waals surface area contributed by atoms with Gasteiger partial charge in [-0.15, -0.1) is 0 Å². The highest BCUT2D eigenvalue weighted by molar-refractivity contribution is 6.00. The zero-order chi connectivity index (χ0) is 5.98. The van der Waals surface area contributed by atoms with Crippen LogP contribution >= 0.6 is 0 Å². The minimum absolute atomic E-state index is 0.870. The highest BCUT2D eigenvalue weighted by Gasteiger charge is 2.28. The van der Waals surface area contributed by atoms with Crippen molar-refractivity contribution in [3.63, 3.8) is 0 Å². The summed E-state index contributed by atoms with van der Waals surface area (Å²) < 4.78 is 0. The molecule has 0 heterocycles. The molecule has 0 amide bonds. The summed E-state index contributed by atoms with van der Waals surface area (Å²) in [6.45, 7) is 5.30. The molecule has 0 aliphatic heterocycles. The van der Waals surface area contributed by atoms with Crippen LogP contribution in [-0.4, -0.2) is 12.3 Å². The van der Waals surface area contributed by atoms with E-state index in [0.29, 0.717) is 0 Å². The summed E-state index contributed by atoms with van der Waals surface area (Å²) in [5, 5.41) is 0. The van der Waals surface area contributed by atoms with E-state index in [0.717, 1.165) is 12.5 Å². The van der Waals surface area contributed by atoms with Crippen molar-refractivity contribution in [2.24, 2.45) is 10.9 Å². The van der Waals surface area contributed by atoms with Gasteiger partial charge in [-0.2, -0.15) is 0 Å². The Morgan fingerprint density at radius 3 is 2.75 bits per heavy atom. The maximum Gasteiger partial charge on any atom is 0.0360 e. The first-order valence-electron chi connectivity index (χ1n) is 3.41. The van der Waals surface area contributed by atoms with Crippen molar-refractivity contribution in [1.29, 1.82) is 0 Å². The quantitative estimate of drug-likeness (QED) is 0.516. The van der Waals surface area contributed by atoms with Crippen molar-refractivity contribution >= 4 is 5.71 Å². The molecule has 0 aromatic carbocycles. The van der Waals surface area contributed by atoms with Gasteiger partial charge in [-0.05, 0) is 19.8 Å². The van der Waals surface area contributed by atoms with Gasteiger partial charge >= 0.3 is 0 Å². The van der Waals surface area contributed by atoms with Crippen molar-refractivity contribution in [2.45, 2.75) is 26.7 Å². The van der Waals surface area contributed by atoms with Crippen LogP contribution in [0.4, 0.5) is 0 Å². The first-order chi connectivity index (χ1) is 3.88. The lowest BCUT2D eigenvalue weighted by molar-refractivity contribution is 0.839. The molecule has 1 nitrogen and oxygen atoms in total. The van der Waals surface area contributed by atoms with Gasteiger partial charge in [-0.25, -0.2) is 0 Å². The van der Waals surface area contributed by atoms with Crippen LogP contribution in [0.1, 0.15) is 26.7 Å². The second-order valence-corrected chi connectivity index (χ2v) is 2.27. The Labute approximate surface area is 50.8 Å². The molecule has 0 spiro atoms. The molecular formula is C7H13N. The fourth-order valence-corrected chi connectivity index (χ4v) is 0.970. The Morgan fingerprint density at radius 2 is 2.38 bits per heavy atom. The molecule has 0 N–H and O–H groups in total. The molecule has 1 fully saturated rings. The number of rotatable bonds is 2. The summed E-state index contributed by atoms with van der Waals surface area (Å²) in [7, 11) is 0. The zero-order valence-electron chi connectivity index (χ0n) is 5.65. The number of hydrogen-bond donors (Lipinski definition) is 0. The predicted molar refractivity (Wildman–Crippen MR) is 36.4 cm³/mol. The van der Waals surface area contributed by atoms with Gasteiger partial charge in [0.1, 0.15) is 0 Å². The van der Waals surface area contributed by atoms with Gasteiger partial charge in [0.25, 0.3) is 0 Å². The average molecular weight is 111 g/mol. The van der Waals surface area contributed by atoms with Gasteiger partial charge in [-0.3, -0.25) is 4.99 Å². The lowest BCUT2D eigenvalue weighted by atomic mass is 10.3. The standard InChI is InChI=1S/C7H13N/c1-3-6-5-7(6)8-4-2/h6H,3-5H2,1-2H3. The van der Waals surface area contributed by atoms with E-state index in [9.17, 15) is 0 Å². The summed E-state index contributed by atoms with van der Waals surface area (Å²) in [5.41, 5.74) is 1.45. The maximum absolute atomic E-state index is 4.31. The van der Waals surface area contributed by atoms with Crippen LogP contribution < -0.4 is 0 Å². The number of aliphatic imine (C=N–C) groups is 1. The first kappa shape index (κ1) is 5.80. The smallest absolute Gasteiger partial charge is 0.0360 e. The van der Waals surface area contributed by atoms with Crippen molar-refractivity contribution in [2.75, 3.05) is 6.54 Å². The summed E-state index contributed by atoms with van der Waals surface area (Å²) in [5.74, 6) is 0.870. The second-order valence-electron chi connectivity index (χ2n) is 2.27. The predicted octanol–water partition coefficient (Wildman–Crippen LogP) is 1.88. The van der Waals surface area contributed by atoms with Crippen LogP contribution in [-0.2, 0) is 0 Å². The third-order valence-electron chi connectivity index (χ3n) is 1.62. The van der Waals surface area contributed by atoms with E-state index in [2.05, 4.69) is 18.8 Å². The Morgan fingerprint density at radius 1 is 1.62 bits per heavy atom. The van der Waals surface area contributed by atoms with E-state index in [1.165, 1.54) is 18.6 Å². The Hall–Kier alpha value is -0.330. The third-order valence-corrected chi connectivity index (χ3v) is 1.62. The molecule has 0 saturated heterocycles. The molecular weight excluding hydrogens is 98.1 g/mol. The van der Waals surface area contributed by atoms with Crippen molar-refractivity contribution in [1.82, 2.24) is 0 Å². The fraction of sp³-hybridized carbons (Fsp3) is 0.857. The molecule has 1 atom stereocenters. The highest BCUT2D eigenvalue weighted by Crippen LogP contribution is 2.28. The SMILES string of the molecule is CCN=C1CC1CC. The molecule has 0 aromatic heterocycles. The Bertz CT molecular complexity index is 105. The van der Waals surface area contributed by atoms with Crippen LogP contribution in [0, 0.1) is 5.92 Å². The molecule has 8 heavy (non-hydrogen) atoms. The van der Waals surface area contributed by atoms with Gasteiger partial charge in [0.2, 0.25) is 0 Å². The third kappa shape index (κ3) is 1.09. The number of hydrogen-bond acceptors (Lipinski definition) is 1. The molecule has 1 heteroatoms. The molecule has 1 saturated carbocycles. The van der Waals surface area contributed by atoms with Crippen LogP contribution in [0.15, 0.2) is 4.99 Å². The molecule has 1 unspecified atom stereocenters. The van der Waals surface area contributed by atoms with Crippen LogP contribution in [0.25, 0.3) is 0 Å². The second kappa shape index (κ2) is 2.29. The summed E-state index contributed by atoms with van der Waals surface area (Å²) >= 11 is 0. The van der Waals surface area contributed by atoms with Crippen molar-refractivity contribution in [3.05, 3.63) is 0 Å². The minimum atomic E-state index is 0.870. The van der Waals surface area contributed by atoms with Gasteiger partial charge in [0.15, 0.2) is 0 Å². The summed E-state index contributed by atoms with van der Waals surface area (Å²) in [6, 6.07) is 0. The largest absolute Gasteiger partial charge is 0.294 e. The molecule has 1 rings (SSSR count). The monoisotopic (exact) mass is 111 g/mol. The first-order valence-corrected chi connectivity index (χ1v) is 3.41. The molecule has 0 bridgehead atoms. The molecule has 1 aliphatic rings. The van der Waals surface area contributed by atoms with E-state index in [1.54, 1.807) is 0 Å². The zero-order valence-corrected chi connectivity index (χ0v) is 5.65. The molecule has 46 valence electrons. The van der Waals surface area contributed by atoms with Gasteiger partial charge < -0.3 is 0 Å². The van der Waals surface area contributed by atoms with E-state index in [4.69, 9.17) is 0 Å². The van der Waals surface area contributed by atoms with E-state index >= 15 is 0 Å². The van der Waals surface area contributed by atoms with Gasteiger partial charge in [-0.1, -0.05) is 6.92 Å². The normalized spacial score (nSPS) is 31.2. The minimum Gasteiger partial charge on any atom is -0.294 e. The molecule has 0 aromatic rings. The van der Waals surface area contributed by atoms with E-state index < -0.39 is 0 Å². The van der Waals surface area contributed by atoms with E-state index in [1.807, 2.05) is 0 Å². The van der Waals surface area contributed by atoms with Crippen LogP contribution in [0.5, 0.6) is 0 Å². The van der Waals surface area contributed by atoms with Gasteiger partial charge in [0, 0.05) is 18.2 Å². The van der Waals surface area contributed by atoms with Crippen LogP contribution in [0.3, 0.4) is 0 Å². The summed E-state index contributed by atoms with van der Waals surface area (Å²) in [4.78, 5) is 4.31. The van der Waals surface area contributed by atoms with E-state index in [-0.39, 0.29) is 0 Å².